The minimum Gasteiger partial charge on any atom is -0.313 e. The Morgan fingerprint density at radius 1 is 1.46 bits per heavy atom. The Morgan fingerprint density at radius 2 is 2.23 bits per heavy atom. The SMILES string of the molecule is O=c1[nH]cnc2cc(Cl)c(F)cc12. The van der Waals surface area contributed by atoms with E-state index in [0.29, 0.717) is 5.52 Å². The van der Waals surface area contributed by atoms with Gasteiger partial charge in [0.15, 0.2) is 0 Å². The van der Waals surface area contributed by atoms with Gasteiger partial charge in [-0.2, -0.15) is 0 Å². The Kier molecular flexibility index (Phi) is 1.77. The molecule has 0 saturated heterocycles. The van der Waals surface area contributed by atoms with Crippen LogP contribution in [0.1, 0.15) is 0 Å². The summed E-state index contributed by atoms with van der Waals surface area (Å²) in [7, 11) is 0. The van der Waals surface area contributed by atoms with Crippen LogP contribution in [0.3, 0.4) is 0 Å². The summed E-state index contributed by atoms with van der Waals surface area (Å²) in [4.78, 5) is 17.3. The number of fused-ring (bicyclic) bond motifs is 1. The molecule has 3 nitrogen and oxygen atoms in total. The van der Waals surface area contributed by atoms with Crippen LogP contribution >= 0.6 is 11.6 Å². The van der Waals surface area contributed by atoms with Crippen LogP contribution in [-0.4, -0.2) is 9.97 Å². The number of rotatable bonds is 0. The van der Waals surface area contributed by atoms with E-state index in [1.54, 1.807) is 0 Å². The highest BCUT2D eigenvalue weighted by Crippen LogP contribution is 2.18. The lowest BCUT2D eigenvalue weighted by molar-refractivity contribution is 0.630. The van der Waals surface area contributed by atoms with Crippen LogP contribution < -0.4 is 5.56 Å². The summed E-state index contributed by atoms with van der Waals surface area (Å²) in [6.07, 6.45) is 1.25. The lowest BCUT2D eigenvalue weighted by Gasteiger charge is -1.96. The summed E-state index contributed by atoms with van der Waals surface area (Å²) in [5.74, 6) is -0.618. The van der Waals surface area contributed by atoms with E-state index in [0.717, 1.165) is 6.07 Å². The summed E-state index contributed by atoms with van der Waals surface area (Å²) in [5, 5.41) is 0.162. The highest BCUT2D eigenvalue weighted by Gasteiger charge is 2.05. The molecule has 1 heterocycles. The van der Waals surface area contributed by atoms with Gasteiger partial charge in [-0.05, 0) is 12.1 Å². The molecule has 0 unspecified atom stereocenters. The molecule has 0 atom stereocenters. The molecule has 0 saturated carbocycles. The molecule has 5 heteroatoms. The van der Waals surface area contributed by atoms with Crippen molar-refractivity contribution in [1.29, 1.82) is 0 Å². The van der Waals surface area contributed by atoms with Crippen LogP contribution in [0.5, 0.6) is 0 Å². The molecule has 1 N–H and O–H groups in total. The average molecular weight is 199 g/mol. The zero-order valence-corrected chi connectivity index (χ0v) is 7.10. The number of hydrogen-bond acceptors (Lipinski definition) is 2. The van der Waals surface area contributed by atoms with Crippen molar-refractivity contribution in [2.24, 2.45) is 0 Å². The molecule has 1 aromatic heterocycles. The van der Waals surface area contributed by atoms with Crippen LogP contribution in [0.15, 0.2) is 23.3 Å². The van der Waals surface area contributed by atoms with E-state index in [-0.39, 0.29) is 16.0 Å². The molecule has 0 aliphatic rings. The van der Waals surface area contributed by atoms with Gasteiger partial charge in [-0.15, -0.1) is 0 Å². The molecule has 0 fully saturated rings. The van der Waals surface area contributed by atoms with Gasteiger partial charge in [0.05, 0.1) is 22.3 Å². The predicted octanol–water partition coefficient (Wildman–Crippen LogP) is 1.72. The van der Waals surface area contributed by atoms with Gasteiger partial charge in [-0.3, -0.25) is 4.79 Å². The van der Waals surface area contributed by atoms with Gasteiger partial charge in [-0.25, -0.2) is 9.37 Å². The fraction of sp³-hybridized carbons (Fsp3) is 0. The minimum atomic E-state index is -0.618. The van der Waals surface area contributed by atoms with E-state index < -0.39 is 5.82 Å². The average Bonchev–Trinajstić information content (AvgIpc) is 2.09. The number of aromatic amines is 1. The molecule has 0 bridgehead atoms. The Morgan fingerprint density at radius 3 is 3.00 bits per heavy atom. The van der Waals surface area contributed by atoms with E-state index in [9.17, 15) is 9.18 Å². The van der Waals surface area contributed by atoms with Crippen molar-refractivity contribution < 1.29 is 4.39 Å². The summed E-state index contributed by atoms with van der Waals surface area (Å²) >= 11 is 5.51. The van der Waals surface area contributed by atoms with Gasteiger partial charge < -0.3 is 4.98 Å². The molecule has 0 aliphatic heterocycles. The molecular formula is C8H4ClFN2O. The van der Waals surface area contributed by atoms with Gasteiger partial charge in [-0.1, -0.05) is 11.6 Å². The Balaban J connectivity index is 2.97. The second kappa shape index (κ2) is 2.81. The van der Waals surface area contributed by atoms with Crippen molar-refractivity contribution in [3.63, 3.8) is 0 Å². The number of aromatic nitrogens is 2. The topological polar surface area (TPSA) is 45.8 Å². The van der Waals surface area contributed by atoms with E-state index in [2.05, 4.69) is 9.97 Å². The Hall–Kier alpha value is -1.42. The van der Waals surface area contributed by atoms with E-state index in [1.165, 1.54) is 12.4 Å². The van der Waals surface area contributed by atoms with Gasteiger partial charge in [0, 0.05) is 0 Å². The first-order valence-electron chi connectivity index (χ1n) is 3.51. The molecular weight excluding hydrogens is 195 g/mol. The molecule has 0 aliphatic carbocycles. The normalized spacial score (nSPS) is 10.6. The molecule has 13 heavy (non-hydrogen) atoms. The zero-order valence-electron chi connectivity index (χ0n) is 6.34. The Labute approximate surface area is 77.2 Å². The lowest BCUT2D eigenvalue weighted by atomic mass is 10.2. The van der Waals surface area contributed by atoms with Crippen LogP contribution in [0.4, 0.5) is 4.39 Å². The largest absolute Gasteiger partial charge is 0.313 e. The van der Waals surface area contributed by atoms with E-state index in [4.69, 9.17) is 11.6 Å². The number of nitrogens with zero attached hydrogens (tertiary/aromatic N) is 1. The third-order valence-electron chi connectivity index (χ3n) is 1.68. The third kappa shape index (κ3) is 1.29. The first kappa shape index (κ1) is 8.19. The second-order valence-corrected chi connectivity index (χ2v) is 2.92. The van der Waals surface area contributed by atoms with E-state index in [1.807, 2.05) is 0 Å². The van der Waals surface area contributed by atoms with Gasteiger partial charge in [0.2, 0.25) is 0 Å². The maximum Gasteiger partial charge on any atom is 0.258 e. The fourth-order valence-electron chi connectivity index (χ4n) is 1.06. The van der Waals surface area contributed by atoms with Crippen molar-refractivity contribution >= 4 is 22.5 Å². The van der Waals surface area contributed by atoms with Crippen molar-refractivity contribution in [2.75, 3.05) is 0 Å². The van der Waals surface area contributed by atoms with Crippen LogP contribution in [0, 0.1) is 5.82 Å². The first-order chi connectivity index (χ1) is 6.18. The molecule has 0 spiro atoms. The number of H-pyrrole nitrogens is 1. The van der Waals surface area contributed by atoms with Crippen LogP contribution in [0.25, 0.3) is 10.9 Å². The molecule has 2 aromatic rings. The van der Waals surface area contributed by atoms with E-state index >= 15 is 0 Å². The standard InChI is InChI=1S/C8H4ClFN2O/c9-5-2-7-4(1-6(5)10)8(13)12-3-11-7/h1-3H,(H,11,12,13). The zero-order chi connectivity index (χ0) is 9.42. The highest BCUT2D eigenvalue weighted by atomic mass is 35.5. The summed E-state index contributed by atoms with van der Waals surface area (Å²) in [5.41, 5.74) is 0.00992. The summed E-state index contributed by atoms with van der Waals surface area (Å²) in [6.45, 7) is 0. The smallest absolute Gasteiger partial charge is 0.258 e. The minimum absolute atomic E-state index is 0.0365. The van der Waals surface area contributed by atoms with Crippen LogP contribution in [0.2, 0.25) is 5.02 Å². The molecule has 0 radical (unpaired) electrons. The number of nitrogens with one attached hydrogen (secondary N) is 1. The summed E-state index contributed by atoms with van der Waals surface area (Å²) < 4.78 is 12.9. The molecule has 0 amide bonds. The van der Waals surface area contributed by atoms with Crippen molar-refractivity contribution in [1.82, 2.24) is 9.97 Å². The molecule has 1 aromatic carbocycles. The van der Waals surface area contributed by atoms with Gasteiger partial charge in [0.1, 0.15) is 5.82 Å². The van der Waals surface area contributed by atoms with Crippen molar-refractivity contribution in [2.45, 2.75) is 0 Å². The van der Waals surface area contributed by atoms with Crippen molar-refractivity contribution in [3.8, 4) is 0 Å². The number of benzene rings is 1. The van der Waals surface area contributed by atoms with Gasteiger partial charge in [0.25, 0.3) is 5.56 Å². The lowest BCUT2D eigenvalue weighted by Crippen LogP contribution is -2.06. The monoisotopic (exact) mass is 198 g/mol. The Bertz CT molecular complexity index is 523. The van der Waals surface area contributed by atoms with Crippen LogP contribution in [-0.2, 0) is 0 Å². The number of hydrogen-bond donors (Lipinski definition) is 1. The second-order valence-electron chi connectivity index (χ2n) is 2.52. The quantitative estimate of drug-likeness (QED) is 0.701. The van der Waals surface area contributed by atoms with Crippen molar-refractivity contribution in [3.05, 3.63) is 39.7 Å². The third-order valence-corrected chi connectivity index (χ3v) is 1.97. The fourth-order valence-corrected chi connectivity index (χ4v) is 1.22. The highest BCUT2D eigenvalue weighted by molar-refractivity contribution is 6.31. The maximum absolute atomic E-state index is 12.9. The first-order valence-corrected chi connectivity index (χ1v) is 3.89. The predicted molar refractivity (Wildman–Crippen MR) is 47.3 cm³/mol. The molecule has 2 rings (SSSR count). The number of halogens is 2. The maximum atomic E-state index is 12.9. The van der Waals surface area contributed by atoms with Gasteiger partial charge >= 0.3 is 0 Å². The summed E-state index contributed by atoms with van der Waals surface area (Å²) in [6, 6.07) is 2.39. The molecule has 66 valence electrons.